The summed E-state index contributed by atoms with van der Waals surface area (Å²) in [6.07, 6.45) is 10.4. The van der Waals surface area contributed by atoms with E-state index in [9.17, 15) is 0 Å². The van der Waals surface area contributed by atoms with Crippen molar-refractivity contribution < 1.29 is 0 Å². The van der Waals surface area contributed by atoms with Gasteiger partial charge in [0.2, 0.25) is 0 Å². The molecule has 2 atom stereocenters. The minimum Gasteiger partial charge on any atom is -0.357 e. The quantitative estimate of drug-likeness (QED) is 0.405. The van der Waals surface area contributed by atoms with Crippen LogP contribution in [0.4, 0.5) is 0 Å². The third-order valence-corrected chi connectivity index (χ3v) is 5.70. The molecule has 2 N–H and O–H groups in total. The van der Waals surface area contributed by atoms with Crippen molar-refractivity contribution in [1.82, 2.24) is 15.6 Å². The number of aromatic nitrogens is 1. The fourth-order valence-electron chi connectivity index (χ4n) is 3.58. The Morgan fingerprint density at radius 3 is 2.78 bits per heavy atom. The highest BCUT2D eigenvalue weighted by Gasteiger charge is 2.43. The molecule has 6 heteroatoms. The van der Waals surface area contributed by atoms with Gasteiger partial charge in [0.15, 0.2) is 5.96 Å². The maximum atomic E-state index is 4.70. The predicted octanol–water partition coefficient (Wildman–Crippen LogP) is 4.09. The number of rotatable bonds is 5. The van der Waals surface area contributed by atoms with Crippen LogP contribution in [0.5, 0.6) is 0 Å². The third kappa shape index (κ3) is 5.59. The number of hydrogen-bond acceptors (Lipinski definition) is 3. The normalized spacial score (nSPS) is 24.9. The predicted molar refractivity (Wildman–Crippen MR) is 109 cm³/mol. The van der Waals surface area contributed by atoms with E-state index in [0.29, 0.717) is 12.6 Å². The lowest BCUT2D eigenvalue weighted by molar-refractivity contribution is 0.315. The van der Waals surface area contributed by atoms with Crippen LogP contribution in [0.25, 0.3) is 0 Å². The van der Waals surface area contributed by atoms with E-state index in [1.54, 1.807) is 11.3 Å². The van der Waals surface area contributed by atoms with Gasteiger partial charge in [-0.05, 0) is 32.1 Å². The van der Waals surface area contributed by atoms with Crippen LogP contribution >= 0.6 is 35.3 Å². The van der Waals surface area contributed by atoms with Crippen molar-refractivity contribution in [1.29, 1.82) is 0 Å². The molecule has 1 heterocycles. The third-order valence-electron chi connectivity index (χ3n) is 4.80. The largest absolute Gasteiger partial charge is 0.357 e. The Kier molecular flexibility index (Phi) is 7.59. The molecule has 0 bridgehead atoms. The molecule has 130 valence electrons. The fraction of sp³-hybridized carbons (Fsp3) is 0.765. The van der Waals surface area contributed by atoms with E-state index >= 15 is 0 Å². The van der Waals surface area contributed by atoms with Gasteiger partial charge in [0.1, 0.15) is 5.01 Å². The number of guanidine groups is 1. The van der Waals surface area contributed by atoms with Crippen LogP contribution in [-0.2, 0) is 6.54 Å². The fourth-order valence-corrected chi connectivity index (χ4v) is 4.29. The van der Waals surface area contributed by atoms with E-state index in [0.717, 1.165) is 29.3 Å². The standard InChI is InChI=1S/C17H28N4S.HI/c1-3-18-17(20-11-16-19-10-12(2)22-16)21-15-9-14(15)13-7-5-4-6-8-13;/h10,13-15H,3-9,11H2,1-2H3,(H2,18,20,21);1H. The van der Waals surface area contributed by atoms with Gasteiger partial charge in [-0.3, -0.25) is 0 Å². The highest BCUT2D eigenvalue weighted by molar-refractivity contribution is 14.0. The Bertz CT molecular complexity index is 510. The molecule has 0 amide bonds. The number of aliphatic imine (C=N–C) groups is 1. The lowest BCUT2D eigenvalue weighted by Gasteiger charge is -2.22. The maximum absolute atomic E-state index is 4.70. The molecular formula is C17H29IN4S. The van der Waals surface area contributed by atoms with Gasteiger partial charge < -0.3 is 10.6 Å². The Morgan fingerprint density at radius 1 is 1.35 bits per heavy atom. The summed E-state index contributed by atoms with van der Waals surface area (Å²) in [5, 5.41) is 8.09. The Labute approximate surface area is 161 Å². The van der Waals surface area contributed by atoms with E-state index < -0.39 is 0 Å². The average molecular weight is 448 g/mol. The van der Waals surface area contributed by atoms with Gasteiger partial charge in [-0.25, -0.2) is 9.98 Å². The molecule has 1 aromatic heterocycles. The zero-order valence-electron chi connectivity index (χ0n) is 14.2. The highest BCUT2D eigenvalue weighted by Crippen LogP contribution is 2.44. The first-order valence-electron chi connectivity index (χ1n) is 8.72. The molecule has 0 aliphatic heterocycles. The number of nitrogens with zero attached hydrogens (tertiary/aromatic N) is 2. The first-order valence-corrected chi connectivity index (χ1v) is 9.54. The number of nitrogens with one attached hydrogen (secondary N) is 2. The minimum atomic E-state index is 0. The molecule has 0 aromatic carbocycles. The summed E-state index contributed by atoms with van der Waals surface area (Å²) in [5.41, 5.74) is 0. The second-order valence-electron chi connectivity index (χ2n) is 6.61. The number of thiazole rings is 1. The Morgan fingerprint density at radius 2 is 2.13 bits per heavy atom. The van der Waals surface area contributed by atoms with Crippen molar-refractivity contribution in [3.05, 3.63) is 16.1 Å². The monoisotopic (exact) mass is 448 g/mol. The van der Waals surface area contributed by atoms with Crippen molar-refractivity contribution in [3.63, 3.8) is 0 Å². The summed E-state index contributed by atoms with van der Waals surface area (Å²) >= 11 is 1.73. The van der Waals surface area contributed by atoms with Gasteiger partial charge in [0, 0.05) is 23.7 Å². The van der Waals surface area contributed by atoms with Crippen LogP contribution < -0.4 is 10.6 Å². The molecule has 23 heavy (non-hydrogen) atoms. The first kappa shape index (κ1) is 19.0. The molecular weight excluding hydrogens is 419 g/mol. The van der Waals surface area contributed by atoms with Gasteiger partial charge in [0.05, 0.1) is 6.54 Å². The molecule has 2 saturated carbocycles. The highest BCUT2D eigenvalue weighted by atomic mass is 127. The van der Waals surface area contributed by atoms with Gasteiger partial charge in [-0.1, -0.05) is 32.1 Å². The van der Waals surface area contributed by atoms with Crippen molar-refractivity contribution in [2.45, 2.75) is 65.0 Å². The zero-order chi connectivity index (χ0) is 15.4. The average Bonchev–Trinajstić information content (AvgIpc) is 3.18. The topological polar surface area (TPSA) is 49.3 Å². The van der Waals surface area contributed by atoms with E-state index in [-0.39, 0.29) is 24.0 Å². The zero-order valence-corrected chi connectivity index (χ0v) is 17.3. The van der Waals surface area contributed by atoms with Gasteiger partial charge in [-0.15, -0.1) is 35.3 Å². The first-order chi connectivity index (χ1) is 10.8. The van der Waals surface area contributed by atoms with Crippen LogP contribution in [0, 0.1) is 18.8 Å². The van der Waals surface area contributed by atoms with Crippen molar-refractivity contribution >= 4 is 41.3 Å². The number of hydrogen-bond donors (Lipinski definition) is 2. The number of aryl methyl sites for hydroxylation is 1. The van der Waals surface area contributed by atoms with Crippen LogP contribution in [0.3, 0.4) is 0 Å². The summed E-state index contributed by atoms with van der Waals surface area (Å²) < 4.78 is 0. The van der Waals surface area contributed by atoms with E-state index in [4.69, 9.17) is 4.99 Å². The summed E-state index contributed by atoms with van der Waals surface area (Å²) in [6, 6.07) is 0.638. The summed E-state index contributed by atoms with van der Waals surface area (Å²) in [5.74, 6) is 2.79. The van der Waals surface area contributed by atoms with E-state index in [1.165, 1.54) is 43.4 Å². The Hall–Kier alpha value is -0.370. The van der Waals surface area contributed by atoms with Crippen molar-refractivity contribution in [2.24, 2.45) is 16.8 Å². The van der Waals surface area contributed by atoms with E-state index in [2.05, 4.69) is 29.5 Å². The molecule has 2 unspecified atom stereocenters. The van der Waals surface area contributed by atoms with E-state index in [1.807, 2.05) is 6.20 Å². The molecule has 4 nitrogen and oxygen atoms in total. The second kappa shape index (κ2) is 9.20. The Balaban J connectivity index is 0.00000192. The second-order valence-corrected chi connectivity index (χ2v) is 7.93. The van der Waals surface area contributed by atoms with Gasteiger partial charge >= 0.3 is 0 Å². The van der Waals surface area contributed by atoms with Crippen LogP contribution in [0.15, 0.2) is 11.2 Å². The van der Waals surface area contributed by atoms with Gasteiger partial charge in [-0.2, -0.15) is 0 Å². The molecule has 0 spiro atoms. The van der Waals surface area contributed by atoms with Gasteiger partial charge in [0.25, 0.3) is 0 Å². The molecule has 2 fully saturated rings. The van der Waals surface area contributed by atoms with Crippen LogP contribution in [0.1, 0.15) is 55.3 Å². The molecule has 1 aromatic rings. The molecule has 3 rings (SSSR count). The molecule has 0 saturated heterocycles. The number of halogens is 1. The minimum absolute atomic E-state index is 0. The molecule has 2 aliphatic rings. The van der Waals surface area contributed by atoms with Crippen molar-refractivity contribution in [3.8, 4) is 0 Å². The molecule has 0 radical (unpaired) electrons. The molecule has 2 aliphatic carbocycles. The summed E-state index contributed by atoms with van der Waals surface area (Å²) in [7, 11) is 0. The van der Waals surface area contributed by atoms with Crippen LogP contribution in [0.2, 0.25) is 0 Å². The lowest BCUT2D eigenvalue weighted by atomic mass is 9.85. The smallest absolute Gasteiger partial charge is 0.191 e. The SMILES string of the molecule is CCNC(=NCc1ncc(C)s1)NC1CC1C1CCCCC1.I. The summed E-state index contributed by atoms with van der Waals surface area (Å²) in [4.78, 5) is 10.3. The lowest BCUT2D eigenvalue weighted by Crippen LogP contribution is -2.39. The summed E-state index contributed by atoms with van der Waals surface area (Å²) in [6.45, 7) is 5.79. The van der Waals surface area contributed by atoms with Crippen molar-refractivity contribution in [2.75, 3.05) is 6.54 Å². The maximum Gasteiger partial charge on any atom is 0.191 e. The van der Waals surface area contributed by atoms with Crippen LogP contribution in [-0.4, -0.2) is 23.5 Å².